The average molecular weight is 263 g/mol. The summed E-state index contributed by atoms with van der Waals surface area (Å²) < 4.78 is 5.59. The molecule has 1 N–H and O–H groups in total. The molecule has 106 valence electrons. The zero-order valence-electron chi connectivity index (χ0n) is 11.9. The van der Waals surface area contributed by atoms with Crippen LogP contribution in [0.4, 0.5) is 0 Å². The van der Waals surface area contributed by atoms with Gasteiger partial charge in [-0.25, -0.2) is 0 Å². The number of nitrogens with one attached hydrogen (secondary N) is 1. The van der Waals surface area contributed by atoms with Crippen molar-refractivity contribution in [3.05, 3.63) is 11.7 Å². The molecule has 2 atom stereocenters. The van der Waals surface area contributed by atoms with E-state index in [0.717, 1.165) is 11.7 Å². The minimum atomic E-state index is 0.420. The van der Waals surface area contributed by atoms with Crippen molar-refractivity contribution in [1.29, 1.82) is 0 Å². The molecule has 2 saturated carbocycles. The molecule has 4 heteroatoms. The molecule has 4 nitrogen and oxygen atoms in total. The molecule has 0 aromatic carbocycles. The topological polar surface area (TPSA) is 51.0 Å². The van der Waals surface area contributed by atoms with Crippen LogP contribution >= 0.6 is 0 Å². The van der Waals surface area contributed by atoms with Crippen LogP contribution in [0.25, 0.3) is 0 Å². The molecule has 1 aromatic heterocycles. The third-order valence-electron chi connectivity index (χ3n) is 4.88. The van der Waals surface area contributed by atoms with Gasteiger partial charge in [0.2, 0.25) is 5.89 Å². The molecule has 1 heterocycles. The Morgan fingerprint density at radius 3 is 2.53 bits per heavy atom. The molecular formula is C15H25N3O. The van der Waals surface area contributed by atoms with Crippen molar-refractivity contribution in [2.24, 2.45) is 0 Å². The van der Waals surface area contributed by atoms with Crippen LogP contribution in [0, 0.1) is 0 Å². The van der Waals surface area contributed by atoms with Crippen LogP contribution in [-0.2, 0) is 0 Å². The third kappa shape index (κ3) is 2.83. The lowest BCUT2D eigenvalue weighted by Crippen LogP contribution is -2.34. The lowest BCUT2D eigenvalue weighted by molar-refractivity contribution is 0.268. The monoisotopic (exact) mass is 263 g/mol. The molecule has 2 aliphatic rings. The van der Waals surface area contributed by atoms with E-state index in [1.165, 1.54) is 57.8 Å². The van der Waals surface area contributed by atoms with Gasteiger partial charge in [-0.15, -0.1) is 0 Å². The molecule has 3 rings (SSSR count). The SMILES string of the molecule is CNC1CCCCC1c1nc(C2CCCCC2)no1. The fraction of sp³-hybridized carbons (Fsp3) is 0.867. The van der Waals surface area contributed by atoms with Gasteiger partial charge in [-0.1, -0.05) is 37.3 Å². The van der Waals surface area contributed by atoms with E-state index in [1.54, 1.807) is 0 Å². The molecule has 19 heavy (non-hydrogen) atoms. The highest BCUT2D eigenvalue weighted by Gasteiger charge is 2.31. The van der Waals surface area contributed by atoms with Gasteiger partial charge in [0.1, 0.15) is 0 Å². The summed E-state index contributed by atoms with van der Waals surface area (Å²) in [6.45, 7) is 0. The highest BCUT2D eigenvalue weighted by atomic mass is 16.5. The number of rotatable bonds is 3. The highest BCUT2D eigenvalue weighted by Crippen LogP contribution is 2.35. The van der Waals surface area contributed by atoms with E-state index in [0.29, 0.717) is 17.9 Å². The lowest BCUT2D eigenvalue weighted by atomic mass is 9.84. The first-order valence-corrected chi connectivity index (χ1v) is 7.89. The van der Waals surface area contributed by atoms with Crippen LogP contribution in [0.5, 0.6) is 0 Å². The number of aromatic nitrogens is 2. The van der Waals surface area contributed by atoms with Gasteiger partial charge in [0, 0.05) is 12.0 Å². The van der Waals surface area contributed by atoms with Crippen molar-refractivity contribution in [3.8, 4) is 0 Å². The quantitative estimate of drug-likeness (QED) is 0.908. The van der Waals surface area contributed by atoms with Crippen LogP contribution in [0.2, 0.25) is 0 Å². The summed E-state index contributed by atoms with van der Waals surface area (Å²) in [6, 6.07) is 0.508. The maximum atomic E-state index is 5.59. The normalized spacial score (nSPS) is 29.5. The van der Waals surface area contributed by atoms with E-state index in [2.05, 4.69) is 10.5 Å². The summed E-state index contributed by atoms with van der Waals surface area (Å²) in [6.07, 6.45) is 11.5. The smallest absolute Gasteiger partial charge is 0.231 e. The van der Waals surface area contributed by atoms with Crippen LogP contribution in [0.1, 0.15) is 81.3 Å². The molecule has 2 aliphatic carbocycles. The maximum Gasteiger partial charge on any atom is 0.231 e. The fourth-order valence-electron chi connectivity index (χ4n) is 3.70. The van der Waals surface area contributed by atoms with Gasteiger partial charge in [-0.05, 0) is 32.7 Å². The van der Waals surface area contributed by atoms with Gasteiger partial charge in [0.25, 0.3) is 0 Å². The van der Waals surface area contributed by atoms with Gasteiger partial charge in [0.05, 0.1) is 5.92 Å². The van der Waals surface area contributed by atoms with Crippen LogP contribution in [0.3, 0.4) is 0 Å². The van der Waals surface area contributed by atoms with Crippen molar-refractivity contribution < 1.29 is 4.52 Å². The summed E-state index contributed by atoms with van der Waals surface area (Å²) in [4.78, 5) is 4.74. The largest absolute Gasteiger partial charge is 0.339 e. The molecular weight excluding hydrogens is 238 g/mol. The van der Waals surface area contributed by atoms with E-state index >= 15 is 0 Å². The van der Waals surface area contributed by atoms with Gasteiger partial charge < -0.3 is 9.84 Å². The summed E-state index contributed by atoms with van der Waals surface area (Å²) >= 11 is 0. The van der Waals surface area contributed by atoms with E-state index in [1.807, 2.05) is 7.05 Å². The second-order valence-electron chi connectivity index (χ2n) is 6.11. The average Bonchev–Trinajstić information content (AvgIpc) is 2.98. The molecule has 0 bridgehead atoms. The van der Waals surface area contributed by atoms with Crippen LogP contribution in [-0.4, -0.2) is 23.2 Å². The number of hydrogen-bond donors (Lipinski definition) is 1. The number of nitrogens with zero attached hydrogens (tertiary/aromatic N) is 2. The Morgan fingerprint density at radius 2 is 1.74 bits per heavy atom. The van der Waals surface area contributed by atoms with Gasteiger partial charge in [-0.3, -0.25) is 0 Å². The molecule has 2 fully saturated rings. The summed E-state index contributed by atoms with van der Waals surface area (Å²) in [5.41, 5.74) is 0. The molecule has 1 aromatic rings. The van der Waals surface area contributed by atoms with Crippen molar-refractivity contribution >= 4 is 0 Å². The second kappa shape index (κ2) is 6.04. The third-order valence-corrected chi connectivity index (χ3v) is 4.88. The molecule has 2 unspecified atom stereocenters. The number of likely N-dealkylation sites (N-methyl/N-ethyl adjacent to an activating group) is 1. The Bertz CT molecular complexity index is 398. The zero-order valence-corrected chi connectivity index (χ0v) is 11.9. The van der Waals surface area contributed by atoms with Crippen molar-refractivity contribution in [2.45, 2.75) is 75.7 Å². The molecule has 0 amide bonds. The van der Waals surface area contributed by atoms with E-state index < -0.39 is 0 Å². The predicted octanol–water partition coefficient (Wildman–Crippen LogP) is 3.36. The van der Waals surface area contributed by atoms with E-state index in [-0.39, 0.29) is 0 Å². The first-order chi connectivity index (χ1) is 9.38. The molecule has 0 radical (unpaired) electrons. The van der Waals surface area contributed by atoms with Crippen molar-refractivity contribution in [1.82, 2.24) is 15.5 Å². The second-order valence-corrected chi connectivity index (χ2v) is 6.11. The van der Waals surface area contributed by atoms with E-state index in [9.17, 15) is 0 Å². The predicted molar refractivity (Wildman–Crippen MR) is 74.2 cm³/mol. The molecule has 0 saturated heterocycles. The Balaban J connectivity index is 1.72. The maximum absolute atomic E-state index is 5.59. The van der Waals surface area contributed by atoms with Crippen LogP contribution < -0.4 is 5.32 Å². The van der Waals surface area contributed by atoms with Gasteiger partial charge in [0.15, 0.2) is 5.82 Å². The Kier molecular flexibility index (Phi) is 4.16. The van der Waals surface area contributed by atoms with Gasteiger partial charge in [-0.2, -0.15) is 4.98 Å². The Morgan fingerprint density at radius 1 is 1.00 bits per heavy atom. The first kappa shape index (κ1) is 13.1. The van der Waals surface area contributed by atoms with Gasteiger partial charge >= 0.3 is 0 Å². The first-order valence-electron chi connectivity index (χ1n) is 7.89. The van der Waals surface area contributed by atoms with Crippen LogP contribution in [0.15, 0.2) is 4.52 Å². The highest BCUT2D eigenvalue weighted by molar-refractivity contribution is 5.04. The standard InChI is InChI=1S/C15H25N3O/c1-16-13-10-6-5-9-12(13)15-17-14(18-19-15)11-7-3-2-4-8-11/h11-13,16H,2-10H2,1H3. The zero-order chi connectivity index (χ0) is 13.1. The summed E-state index contributed by atoms with van der Waals surface area (Å²) in [5, 5.41) is 7.68. The van der Waals surface area contributed by atoms with Crippen molar-refractivity contribution in [2.75, 3.05) is 7.05 Å². The fourth-order valence-corrected chi connectivity index (χ4v) is 3.70. The minimum Gasteiger partial charge on any atom is -0.339 e. The Labute approximate surface area is 115 Å². The summed E-state index contributed by atoms with van der Waals surface area (Å²) in [7, 11) is 2.04. The molecule has 0 spiro atoms. The number of hydrogen-bond acceptors (Lipinski definition) is 4. The van der Waals surface area contributed by atoms with E-state index in [4.69, 9.17) is 9.51 Å². The molecule has 0 aliphatic heterocycles. The minimum absolute atomic E-state index is 0.420. The Hall–Kier alpha value is -0.900. The van der Waals surface area contributed by atoms with Crippen molar-refractivity contribution in [3.63, 3.8) is 0 Å². The summed E-state index contributed by atoms with van der Waals surface area (Å²) in [5.74, 6) is 2.81. The lowest BCUT2D eigenvalue weighted by Gasteiger charge is -2.28.